The van der Waals surface area contributed by atoms with E-state index in [1.165, 1.54) is 0 Å². The first kappa shape index (κ1) is 18.5. The van der Waals surface area contributed by atoms with Gasteiger partial charge in [0.1, 0.15) is 6.04 Å². The Balaban J connectivity index is 2.21. The predicted octanol–water partition coefficient (Wildman–Crippen LogP) is 1.39. The van der Waals surface area contributed by atoms with E-state index in [0.717, 1.165) is 29.3 Å². The second kappa shape index (κ2) is 7.35. The second-order valence-corrected chi connectivity index (χ2v) is 7.63. The van der Waals surface area contributed by atoms with Crippen molar-refractivity contribution < 1.29 is 27.5 Å². The monoisotopic (exact) mass is 358 g/mol. The summed E-state index contributed by atoms with van der Waals surface area (Å²) in [5.74, 6) is -2.03. The van der Waals surface area contributed by atoms with Crippen molar-refractivity contribution in [1.82, 2.24) is 9.21 Å². The lowest BCUT2D eigenvalue weighted by molar-refractivity contribution is -0.133. The highest BCUT2D eigenvalue weighted by atomic mass is 32.2. The summed E-state index contributed by atoms with van der Waals surface area (Å²) in [4.78, 5) is 25.0. The Hall–Kier alpha value is -1.87. The molecule has 0 spiro atoms. The standard InChI is InChI=1S/C15H22N2O6S/c1-3-4-9-16(2)14(18)11-6-5-10-17(11)24(21,22)13-8-7-12(23-13)15(19)20/h7-8,11H,3-6,9-10H2,1-2H3,(H,19,20). The quantitative estimate of drug-likeness (QED) is 0.789. The summed E-state index contributed by atoms with van der Waals surface area (Å²) >= 11 is 0. The average molecular weight is 358 g/mol. The molecule has 134 valence electrons. The molecule has 1 aliphatic heterocycles. The molecule has 1 unspecified atom stereocenters. The lowest BCUT2D eigenvalue weighted by Crippen LogP contribution is -2.46. The zero-order valence-corrected chi connectivity index (χ0v) is 14.6. The van der Waals surface area contributed by atoms with Crippen LogP contribution in [0, 0.1) is 0 Å². The van der Waals surface area contributed by atoms with E-state index in [4.69, 9.17) is 9.52 Å². The summed E-state index contributed by atoms with van der Waals surface area (Å²) in [6, 6.07) is 1.44. The molecule has 2 rings (SSSR count). The van der Waals surface area contributed by atoms with Gasteiger partial charge in [0.05, 0.1) is 0 Å². The molecule has 0 aromatic carbocycles. The number of sulfonamides is 1. The number of carboxylic acids is 1. The van der Waals surface area contributed by atoms with Crippen LogP contribution in [-0.2, 0) is 14.8 Å². The topological polar surface area (TPSA) is 108 Å². The molecule has 1 saturated heterocycles. The zero-order valence-electron chi connectivity index (χ0n) is 13.8. The van der Waals surface area contributed by atoms with Crippen molar-refractivity contribution in [3.63, 3.8) is 0 Å². The van der Waals surface area contributed by atoms with Gasteiger partial charge < -0.3 is 14.4 Å². The molecule has 9 heteroatoms. The first-order valence-corrected chi connectivity index (χ1v) is 9.33. The van der Waals surface area contributed by atoms with Crippen LogP contribution in [0.1, 0.15) is 43.2 Å². The van der Waals surface area contributed by atoms with Gasteiger partial charge in [-0.1, -0.05) is 13.3 Å². The third-order valence-corrected chi connectivity index (χ3v) is 5.85. The number of likely N-dealkylation sites (N-methyl/N-ethyl adjacent to an activating group) is 1. The summed E-state index contributed by atoms with van der Waals surface area (Å²) in [6.07, 6.45) is 2.81. The van der Waals surface area contributed by atoms with Gasteiger partial charge in [-0.25, -0.2) is 13.2 Å². The number of carbonyl (C=O) groups excluding carboxylic acids is 1. The van der Waals surface area contributed by atoms with E-state index in [2.05, 4.69) is 0 Å². The fraction of sp³-hybridized carbons (Fsp3) is 0.600. The minimum absolute atomic E-state index is 0.212. The van der Waals surface area contributed by atoms with E-state index in [9.17, 15) is 18.0 Å². The number of rotatable bonds is 7. The van der Waals surface area contributed by atoms with Gasteiger partial charge in [-0.05, 0) is 31.4 Å². The number of carboxylic acid groups (broad SMARTS) is 1. The molecule has 1 atom stereocenters. The molecule has 1 aromatic rings. The highest BCUT2D eigenvalue weighted by Gasteiger charge is 2.42. The van der Waals surface area contributed by atoms with Gasteiger partial charge in [-0.2, -0.15) is 4.31 Å². The van der Waals surface area contributed by atoms with Gasteiger partial charge in [0.2, 0.25) is 16.8 Å². The van der Waals surface area contributed by atoms with E-state index in [0.29, 0.717) is 19.4 Å². The lowest BCUT2D eigenvalue weighted by atomic mass is 10.2. The first-order valence-electron chi connectivity index (χ1n) is 7.89. The van der Waals surface area contributed by atoms with Crippen LogP contribution in [-0.4, -0.2) is 60.8 Å². The van der Waals surface area contributed by atoms with Crippen LogP contribution < -0.4 is 0 Å². The Labute approximate surface area is 141 Å². The van der Waals surface area contributed by atoms with Crippen LogP contribution in [0.15, 0.2) is 21.6 Å². The van der Waals surface area contributed by atoms with Crippen molar-refractivity contribution in [2.75, 3.05) is 20.1 Å². The van der Waals surface area contributed by atoms with E-state index in [1.807, 2.05) is 6.92 Å². The number of unbranched alkanes of at least 4 members (excludes halogenated alkanes) is 1. The van der Waals surface area contributed by atoms with Gasteiger partial charge >= 0.3 is 5.97 Å². The molecular weight excluding hydrogens is 336 g/mol. The lowest BCUT2D eigenvalue weighted by Gasteiger charge is -2.26. The number of hydrogen-bond donors (Lipinski definition) is 1. The average Bonchev–Trinajstić information content (AvgIpc) is 3.20. The number of aromatic carboxylic acids is 1. The Kier molecular flexibility index (Phi) is 5.66. The van der Waals surface area contributed by atoms with Crippen molar-refractivity contribution in [1.29, 1.82) is 0 Å². The van der Waals surface area contributed by atoms with Crippen molar-refractivity contribution in [2.45, 2.75) is 43.7 Å². The van der Waals surface area contributed by atoms with Crippen LogP contribution in [0.5, 0.6) is 0 Å². The van der Waals surface area contributed by atoms with Gasteiger partial charge in [0.25, 0.3) is 10.0 Å². The maximum absolute atomic E-state index is 12.7. The SMILES string of the molecule is CCCCN(C)C(=O)C1CCCN1S(=O)(=O)c1ccc(C(=O)O)o1. The summed E-state index contributed by atoms with van der Waals surface area (Å²) in [5, 5.41) is 8.41. The molecule has 1 aliphatic rings. The molecule has 0 saturated carbocycles. The minimum atomic E-state index is -4.04. The smallest absolute Gasteiger partial charge is 0.371 e. The molecular formula is C15H22N2O6S. The number of hydrogen-bond acceptors (Lipinski definition) is 5. The van der Waals surface area contributed by atoms with Crippen LogP contribution in [0.2, 0.25) is 0 Å². The number of furan rings is 1. The third kappa shape index (κ3) is 3.62. The van der Waals surface area contributed by atoms with Crippen LogP contribution >= 0.6 is 0 Å². The maximum atomic E-state index is 12.7. The van der Waals surface area contributed by atoms with Crippen LogP contribution in [0.25, 0.3) is 0 Å². The minimum Gasteiger partial charge on any atom is -0.475 e. The Morgan fingerprint density at radius 1 is 1.42 bits per heavy atom. The predicted molar refractivity (Wildman–Crippen MR) is 85.1 cm³/mol. The van der Waals surface area contributed by atoms with E-state index in [-0.39, 0.29) is 12.5 Å². The normalized spacial score (nSPS) is 18.7. The van der Waals surface area contributed by atoms with E-state index < -0.39 is 32.9 Å². The first-order chi connectivity index (χ1) is 11.3. The summed E-state index contributed by atoms with van der Waals surface area (Å²) in [7, 11) is -2.38. The summed E-state index contributed by atoms with van der Waals surface area (Å²) < 4.78 is 31.4. The van der Waals surface area contributed by atoms with Gasteiger partial charge in [-0.15, -0.1) is 0 Å². The maximum Gasteiger partial charge on any atom is 0.371 e. The second-order valence-electron chi connectivity index (χ2n) is 5.81. The molecule has 8 nitrogen and oxygen atoms in total. The number of carbonyl (C=O) groups is 2. The van der Waals surface area contributed by atoms with Crippen molar-refractivity contribution in [3.05, 3.63) is 17.9 Å². The van der Waals surface area contributed by atoms with Crippen LogP contribution in [0.4, 0.5) is 0 Å². The molecule has 0 radical (unpaired) electrons. The van der Waals surface area contributed by atoms with E-state index in [1.54, 1.807) is 11.9 Å². The summed E-state index contributed by atoms with van der Waals surface area (Å²) in [6.45, 7) is 2.80. The van der Waals surface area contributed by atoms with Gasteiger partial charge in [0.15, 0.2) is 0 Å². The fourth-order valence-corrected chi connectivity index (χ4v) is 4.29. The molecule has 1 aromatic heterocycles. The summed E-state index contributed by atoms with van der Waals surface area (Å²) in [5.41, 5.74) is 0. The molecule has 1 N–H and O–H groups in total. The van der Waals surface area contributed by atoms with Crippen molar-refractivity contribution in [2.24, 2.45) is 0 Å². The molecule has 24 heavy (non-hydrogen) atoms. The molecule has 0 aliphatic carbocycles. The third-order valence-electron chi connectivity index (χ3n) is 4.07. The van der Waals surface area contributed by atoms with Gasteiger partial charge in [-0.3, -0.25) is 4.79 Å². The molecule has 1 fully saturated rings. The fourth-order valence-electron chi connectivity index (χ4n) is 2.72. The molecule has 0 bridgehead atoms. The molecule has 2 heterocycles. The van der Waals surface area contributed by atoms with Gasteiger partial charge in [0, 0.05) is 20.1 Å². The Morgan fingerprint density at radius 3 is 2.71 bits per heavy atom. The number of nitrogens with zero attached hydrogens (tertiary/aromatic N) is 2. The van der Waals surface area contributed by atoms with E-state index >= 15 is 0 Å². The highest BCUT2D eigenvalue weighted by molar-refractivity contribution is 7.89. The highest BCUT2D eigenvalue weighted by Crippen LogP contribution is 2.28. The molecule has 1 amide bonds. The van der Waals surface area contributed by atoms with Crippen molar-refractivity contribution >= 4 is 21.9 Å². The zero-order chi connectivity index (χ0) is 17.9. The Morgan fingerprint density at radius 2 is 2.12 bits per heavy atom. The van der Waals surface area contributed by atoms with Crippen LogP contribution in [0.3, 0.4) is 0 Å². The Bertz CT molecular complexity index is 711. The van der Waals surface area contributed by atoms with Crippen molar-refractivity contribution in [3.8, 4) is 0 Å². The number of amides is 1. The largest absolute Gasteiger partial charge is 0.475 e.